The van der Waals surface area contributed by atoms with Gasteiger partial charge >= 0.3 is 5.97 Å². The summed E-state index contributed by atoms with van der Waals surface area (Å²) < 4.78 is 4.78. The summed E-state index contributed by atoms with van der Waals surface area (Å²) in [7, 11) is 0. The maximum atomic E-state index is 11.9. The van der Waals surface area contributed by atoms with E-state index in [0.717, 1.165) is 0 Å². The summed E-state index contributed by atoms with van der Waals surface area (Å²) in [5.41, 5.74) is 2.07. The van der Waals surface area contributed by atoms with Crippen LogP contribution in [-0.2, 0) is 9.53 Å². The topological polar surface area (TPSA) is 76.2 Å². The lowest BCUT2D eigenvalue weighted by molar-refractivity contribution is -0.136. The van der Waals surface area contributed by atoms with Gasteiger partial charge in [0.15, 0.2) is 12.4 Å². The highest BCUT2D eigenvalue weighted by Crippen LogP contribution is 2.18. The molecule has 0 aliphatic rings. The first-order chi connectivity index (χ1) is 8.88. The van der Waals surface area contributed by atoms with E-state index in [-0.39, 0.29) is 18.2 Å². The Morgan fingerprint density at radius 1 is 1.26 bits per heavy atom. The molecule has 0 saturated carbocycles. The number of aromatic amines is 1. The molecule has 1 aromatic heterocycles. The van der Waals surface area contributed by atoms with Gasteiger partial charge in [-0.1, -0.05) is 6.08 Å². The number of nitrogens with one attached hydrogen (secondary N) is 1. The molecule has 1 N–H and O–H groups in total. The van der Waals surface area contributed by atoms with Crippen molar-refractivity contribution in [3.8, 4) is 0 Å². The van der Waals surface area contributed by atoms with Gasteiger partial charge in [-0.15, -0.1) is 0 Å². The van der Waals surface area contributed by atoms with Crippen molar-refractivity contribution in [2.24, 2.45) is 0 Å². The number of carbonyl (C=O) groups excluding carboxylic acids is 3. The first-order valence-electron chi connectivity index (χ1n) is 5.91. The predicted octanol–water partition coefficient (Wildman–Crippen LogP) is 2.14. The van der Waals surface area contributed by atoms with Crippen LogP contribution in [0.2, 0.25) is 0 Å². The van der Waals surface area contributed by atoms with E-state index in [1.807, 2.05) is 0 Å². The lowest BCUT2D eigenvalue weighted by Gasteiger charge is -2.01. The largest absolute Gasteiger partial charge is 0.454 e. The Hall–Kier alpha value is -2.17. The molecule has 0 spiro atoms. The number of ketones is 2. The second-order valence-corrected chi connectivity index (χ2v) is 4.21. The van der Waals surface area contributed by atoms with Crippen molar-refractivity contribution in [3.63, 3.8) is 0 Å². The van der Waals surface area contributed by atoms with E-state index < -0.39 is 5.97 Å². The Morgan fingerprint density at radius 2 is 1.89 bits per heavy atom. The minimum atomic E-state index is -0.566. The molecule has 102 valence electrons. The highest BCUT2D eigenvalue weighted by atomic mass is 16.5. The van der Waals surface area contributed by atoms with Crippen LogP contribution in [0.5, 0.6) is 0 Å². The van der Waals surface area contributed by atoms with Crippen molar-refractivity contribution in [3.05, 3.63) is 34.7 Å². The van der Waals surface area contributed by atoms with Gasteiger partial charge in [0.2, 0.25) is 5.78 Å². The van der Waals surface area contributed by atoms with Gasteiger partial charge < -0.3 is 9.72 Å². The zero-order chi connectivity index (χ0) is 14.6. The quantitative estimate of drug-likeness (QED) is 0.501. The standard InChI is InChI=1S/C14H17NO4/c1-5-6-12(18)19-7-11(17)14-8(2)13(10(4)16)9(3)15-14/h5-6,15H,7H2,1-4H3. The van der Waals surface area contributed by atoms with E-state index in [9.17, 15) is 14.4 Å². The molecule has 0 saturated heterocycles. The summed E-state index contributed by atoms with van der Waals surface area (Å²) in [6.07, 6.45) is 2.77. The number of hydrogen-bond donors (Lipinski definition) is 1. The molecule has 5 heteroatoms. The monoisotopic (exact) mass is 263 g/mol. The molecule has 0 aliphatic heterocycles. The number of carbonyl (C=O) groups is 3. The summed E-state index contributed by atoms with van der Waals surface area (Å²) in [5.74, 6) is -1.02. The van der Waals surface area contributed by atoms with Crippen molar-refractivity contribution in [2.45, 2.75) is 27.7 Å². The third-order valence-electron chi connectivity index (χ3n) is 2.72. The van der Waals surface area contributed by atoms with E-state index in [1.165, 1.54) is 19.1 Å². The van der Waals surface area contributed by atoms with Gasteiger partial charge in [0.25, 0.3) is 0 Å². The van der Waals surface area contributed by atoms with Crippen LogP contribution in [0.4, 0.5) is 0 Å². The van der Waals surface area contributed by atoms with E-state index >= 15 is 0 Å². The van der Waals surface area contributed by atoms with Gasteiger partial charge in [-0.2, -0.15) is 0 Å². The molecule has 1 rings (SSSR count). The predicted molar refractivity (Wildman–Crippen MR) is 70.4 cm³/mol. The molecule has 0 fully saturated rings. The third-order valence-corrected chi connectivity index (χ3v) is 2.72. The molecular weight excluding hydrogens is 246 g/mol. The van der Waals surface area contributed by atoms with Crippen LogP contribution in [0.15, 0.2) is 12.2 Å². The number of ether oxygens (including phenoxy) is 1. The zero-order valence-corrected chi connectivity index (χ0v) is 11.5. The molecule has 0 bridgehead atoms. The normalized spacial score (nSPS) is 10.7. The second-order valence-electron chi connectivity index (χ2n) is 4.21. The van der Waals surface area contributed by atoms with Crippen LogP contribution in [-0.4, -0.2) is 29.1 Å². The summed E-state index contributed by atoms with van der Waals surface area (Å²) in [6.45, 7) is 6.21. The highest BCUT2D eigenvalue weighted by Gasteiger charge is 2.20. The average Bonchev–Trinajstić information content (AvgIpc) is 2.62. The highest BCUT2D eigenvalue weighted by molar-refractivity contribution is 6.04. The number of H-pyrrole nitrogens is 1. The van der Waals surface area contributed by atoms with Crippen molar-refractivity contribution in [1.82, 2.24) is 4.98 Å². The Morgan fingerprint density at radius 3 is 2.37 bits per heavy atom. The van der Waals surface area contributed by atoms with Crippen LogP contribution < -0.4 is 0 Å². The Labute approximate surface area is 111 Å². The van der Waals surface area contributed by atoms with Gasteiger partial charge in [-0.3, -0.25) is 9.59 Å². The molecule has 0 radical (unpaired) electrons. The summed E-state index contributed by atoms with van der Waals surface area (Å²) >= 11 is 0. The molecule has 0 aromatic carbocycles. The van der Waals surface area contributed by atoms with Crippen LogP contribution in [0, 0.1) is 13.8 Å². The lowest BCUT2D eigenvalue weighted by atomic mass is 10.1. The summed E-state index contributed by atoms with van der Waals surface area (Å²) in [5, 5.41) is 0. The Kier molecular flexibility index (Phi) is 4.80. The van der Waals surface area contributed by atoms with Crippen molar-refractivity contribution >= 4 is 17.5 Å². The van der Waals surface area contributed by atoms with E-state index in [2.05, 4.69) is 4.98 Å². The fourth-order valence-electron chi connectivity index (χ4n) is 1.95. The molecule has 19 heavy (non-hydrogen) atoms. The van der Waals surface area contributed by atoms with E-state index in [4.69, 9.17) is 4.74 Å². The Balaban J connectivity index is 2.87. The van der Waals surface area contributed by atoms with Gasteiger partial charge in [0.1, 0.15) is 0 Å². The van der Waals surface area contributed by atoms with Crippen molar-refractivity contribution < 1.29 is 19.1 Å². The fraction of sp³-hybridized carbons (Fsp3) is 0.357. The van der Waals surface area contributed by atoms with E-state index in [1.54, 1.807) is 20.8 Å². The second kappa shape index (κ2) is 6.13. The van der Waals surface area contributed by atoms with E-state index in [0.29, 0.717) is 22.5 Å². The number of rotatable bonds is 5. The number of hydrogen-bond acceptors (Lipinski definition) is 4. The summed E-state index contributed by atoms with van der Waals surface area (Å²) in [6, 6.07) is 0. The van der Waals surface area contributed by atoms with Gasteiger partial charge in [-0.05, 0) is 33.3 Å². The maximum absolute atomic E-state index is 11.9. The first kappa shape index (κ1) is 14.9. The number of Topliss-reactive ketones (excluding diaryl/α,β-unsaturated/α-hetero) is 2. The van der Waals surface area contributed by atoms with Gasteiger partial charge in [0, 0.05) is 17.3 Å². The SMILES string of the molecule is CC=CC(=O)OCC(=O)c1[nH]c(C)c(C(C)=O)c1C. The van der Waals surface area contributed by atoms with Crippen LogP contribution in [0.3, 0.4) is 0 Å². The molecule has 5 nitrogen and oxygen atoms in total. The molecule has 0 amide bonds. The Bertz CT molecular complexity index is 552. The minimum absolute atomic E-state index is 0.101. The number of allylic oxidation sites excluding steroid dienone is 1. The van der Waals surface area contributed by atoms with Gasteiger partial charge in [-0.25, -0.2) is 4.79 Å². The molecule has 1 heterocycles. The number of aromatic nitrogens is 1. The van der Waals surface area contributed by atoms with Crippen molar-refractivity contribution in [2.75, 3.05) is 6.61 Å². The molecule has 0 atom stereocenters. The first-order valence-corrected chi connectivity index (χ1v) is 5.91. The van der Waals surface area contributed by atoms with Crippen molar-refractivity contribution in [1.29, 1.82) is 0 Å². The van der Waals surface area contributed by atoms with Crippen LogP contribution in [0.25, 0.3) is 0 Å². The third kappa shape index (κ3) is 3.40. The summed E-state index contributed by atoms with van der Waals surface area (Å²) in [4.78, 5) is 37.4. The number of esters is 1. The molecule has 0 unspecified atom stereocenters. The molecule has 1 aromatic rings. The zero-order valence-electron chi connectivity index (χ0n) is 11.5. The fourth-order valence-corrected chi connectivity index (χ4v) is 1.95. The smallest absolute Gasteiger partial charge is 0.330 e. The minimum Gasteiger partial charge on any atom is -0.454 e. The van der Waals surface area contributed by atoms with Crippen LogP contribution in [0.1, 0.15) is 46.0 Å². The van der Waals surface area contributed by atoms with Gasteiger partial charge in [0.05, 0.1) is 5.69 Å². The maximum Gasteiger partial charge on any atom is 0.330 e. The lowest BCUT2D eigenvalue weighted by Crippen LogP contribution is -2.14. The molecular formula is C14H17NO4. The number of aryl methyl sites for hydroxylation is 1. The molecule has 0 aliphatic carbocycles. The van der Waals surface area contributed by atoms with Crippen LogP contribution >= 0.6 is 0 Å². The average molecular weight is 263 g/mol.